The Morgan fingerprint density at radius 1 is 1.04 bits per heavy atom. The fourth-order valence-corrected chi connectivity index (χ4v) is 2.86. The number of hydrogen-bond donors (Lipinski definition) is 2. The fourth-order valence-electron chi connectivity index (χ4n) is 2.86. The van der Waals surface area contributed by atoms with Gasteiger partial charge in [0.25, 0.3) is 0 Å². The standard InChI is InChI=1S/C21H18FN5/c1-14-4-2-3-5-16(14)12-25-21-26-13-18(20-23-10-11-24-20)19(27-21)15-6-8-17(22)9-7-15/h2-11,13H,12H2,1H3,(H,23,24)(H,25,26,27). The normalized spacial score (nSPS) is 10.7. The van der Waals surface area contributed by atoms with Crippen LogP contribution in [0.15, 0.2) is 67.1 Å². The molecule has 0 atom stereocenters. The number of nitrogens with one attached hydrogen (secondary N) is 2. The quantitative estimate of drug-likeness (QED) is 0.547. The summed E-state index contributed by atoms with van der Waals surface area (Å²) < 4.78 is 13.3. The van der Waals surface area contributed by atoms with Crippen LogP contribution in [0.5, 0.6) is 0 Å². The lowest BCUT2D eigenvalue weighted by Gasteiger charge is -2.11. The van der Waals surface area contributed by atoms with Gasteiger partial charge in [0.15, 0.2) is 0 Å². The number of aryl methyl sites for hydroxylation is 1. The first kappa shape index (κ1) is 16.9. The Labute approximate surface area is 156 Å². The number of anilines is 1. The summed E-state index contributed by atoms with van der Waals surface area (Å²) in [5, 5.41) is 3.27. The average molecular weight is 359 g/mol. The Balaban J connectivity index is 1.69. The Morgan fingerprint density at radius 3 is 2.59 bits per heavy atom. The van der Waals surface area contributed by atoms with Gasteiger partial charge < -0.3 is 10.3 Å². The highest BCUT2D eigenvalue weighted by molar-refractivity contribution is 5.77. The zero-order valence-corrected chi connectivity index (χ0v) is 14.8. The molecule has 134 valence electrons. The van der Waals surface area contributed by atoms with Crippen molar-refractivity contribution < 1.29 is 4.39 Å². The molecule has 0 saturated heterocycles. The van der Waals surface area contributed by atoms with Crippen LogP contribution in [-0.4, -0.2) is 19.9 Å². The van der Waals surface area contributed by atoms with Crippen molar-refractivity contribution in [1.29, 1.82) is 0 Å². The highest BCUT2D eigenvalue weighted by Gasteiger charge is 2.13. The predicted octanol–water partition coefficient (Wildman–Crippen LogP) is 4.59. The molecule has 0 aliphatic heterocycles. The molecule has 0 aliphatic carbocycles. The van der Waals surface area contributed by atoms with Crippen LogP contribution in [0.2, 0.25) is 0 Å². The Hall–Kier alpha value is -3.54. The van der Waals surface area contributed by atoms with E-state index in [9.17, 15) is 4.39 Å². The van der Waals surface area contributed by atoms with Gasteiger partial charge in [0.2, 0.25) is 5.95 Å². The van der Waals surface area contributed by atoms with E-state index in [2.05, 4.69) is 44.3 Å². The minimum atomic E-state index is -0.287. The first-order chi connectivity index (χ1) is 13.2. The molecule has 4 aromatic rings. The molecule has 0 fully saturated rings. The van der Waals surface area contributed by atoms with Crippen molar-refractivity contribution in [2.45, 2.75) is 13.5 Å². The van der Waals surface area contributed by atoms with Gasteiger partial charge in [-0.2, -0.15) is 0 Å². The van der Waals surface area contributed by atoms with Gasteiger partial charge in [-0.1, -0.05) is 24.3 Å². The third kappa shape index (κ3) is 3.69. The monoisotopic (exact) mass is 359 g/mol. The molecule has 27 heavy (non-hydrogen) atoms. The summed E-state index contributed by atoms with van der Waals surface area (Å²) in [6, 6.07) is 14.4. The van der Waals surface area contributed by atoms with Crippen molar-refractivity contribution in [3.05, 3.63) is 84.1 Å². The second kappa shape index (κ2) is 7.37. The molecule has 2 N–H and O–H groups in total. The second-order valence-corrected chi connectivity index (χ2v) is 6.18. The van der Waals surface area contributed by atoms with Crippen LogP contribution in [0.1, 0.15) is 11.1 Å². The van der Waals surface area contributed by atoms with Crippen LogP contribution in [0.25, 0.3) is 22.6 Å². The summed E-state index contributed by atoms with van der Waals surface area (Å²) in [7, 11) is 0. The molecular formula is C21H18FN5. The smallest absolute Gasteiger partial charge is 0.223 e. The van der Waals surface area contributed by atoms with Crippen molar-refractivity contribution >= 4 is 5.95 Å². The number of imidazole rings is 1. The van der Waals surface area contributed by atoms with Crippen molar-refractivity contribution in [2.75, 3.05) is 5.32 Å². The molecule has 0 unspecified atom stereocenters. The molecular weight excluding hydrogens is 341 g/mol. The summed E-state index contributed by atoms with van der Waals surface area (Å²) in [4.78, 5) is 16.5. The Kier molecular flexibility index (Phi) is 4.61. The maximum Gasteiger partial charge on any atom is 0.223 e. The Bertz CT molecular complexity index is 1040. The molecule has 0 amide bonds. The lowest BCUT2D eigenvalue weighted by molar-refractivity contribution is 0.628. The lowest BCUT2D eigenvalue weighted by atomic mass is 10.1. The SMILES string of the molecule is Cc1ccccc1CNc1ncc(-c2ncc[nH]2)c(-c2ccc(F)cc2)n1. The molecule has 0 spiro atoms. The number of H-pyrrole nitrogens is 1. The largest absolute Gasteiger partial charge is 0.350 e. The number of halogens is 1. The highest BCUT2D eigenvalue weighted by atomic mass is 19.1. The third-order valence-corrected chi connectivity index (χ3v) is 4.36. The van der Waals surface area contributed by atoms with Gasteiger partial charge in [0.1, 0.15) is 11.6 Å². The van der Waals surface area contributed by atoms with E-state index in [1.165, 1.54) is 23.3 Å². The summed E-state index contributed by atoms with van der Waals surface area (Å²) in [6.07, 6.45) is 5.15. The summed E-state index contributed by atoms with van der Waals surface area (Å²) in [6.45, 7) is 2.69. The van der Waals surface area contributed by atoms with Gasteiger partial charge in [0, 0.05) is 30.7 Å². The van der Waals surface area contributed by atoms with Crippen LogP contribution >= 0.6 is 0 Å². The minimum absolute atomic E-state index is 0.287. The maximum atomic E-state index is 13.3. The van der Waals surface area contributed by atoms with Gasteiger partial charge in [0.05, 0.1) is 11.3 Å². The van der Waals surface area contributed by atoms with Crippen LogP contribution in [0, 0.1) is 12.7 Å². The molecule has 6 heteroatoms. The first-order valence-corrected chi connectivity index (χ1v) is 8.62. The van der Waals surface area contributed by atoms with Crippen LogP contribution in [0.3, 0.4) is 0 Å². The summed E-state index contributed by atoms with van der Waals surface area (Å²) >= 11 is 0. The number of aromatic nitrogens is 4. The van der Waals surface area contributed by atoms with Gasteiger partial charge in [-0.3, -0.25) is 0 Å². The van der Waals surface area contributed by atoms with Gasteiger partial charge >= 0.3 is 0 Å². The van der Waals surface area contributed by atoms with Crippen molar-refractivity contribution in [1.82, 2.24) is 19.9 Å². The van der Waals surface area contributed by atoms with Gasteiger partial charge in [-0.05, 0) is 42.3 Å². The van der Waals surface area contributed by atoms with Gasteiger partial charge in [-0.15, -0.1) is 0 Å². The molecule has 0 radical (unpaired) electrons. The fraction of sp³-hybridized carbons (Fsp3) is 0.0952. The van der Waals surface area contributed by atoms with E-state index in [1.807, 2.05) is 12.1 Å². The average Bonchev–Trinajstić information content (AvgIpc) is 3.22. The molecule has 5 nitrogen and oxygen atoms in total. The van der Waals surface area contributed by atoms with E-state index >= 15 is 0 Å². The number of hydrogen-bond acceptors (Lipinski definition) is 4. The molecule has 4 rings (SSSR count). The number of benzene rings is 2. The lowest BCUT2D eigenvalue weighted by Crippen LogP contribution is -2.06. The zero-order chi connectivity index (χ0) is 18.6. The predicted molar refractivity (Wildman–Crippen MR) is 104 cm³/mol. The molecule has 2 aromatic carbocycles. The zero-order valence-electron chi connectivity index (χ0n) is 14.8. The molecule has 2 heterocycles. The Morgan fingerprint density at radius 2 is 1.85 bits per heavy atom. The first-order valence-electron chi connectivity index (χ1n) is 8.62. The van der Waals surface area contributed by atoms with E-state index in [0.717, 1.165) is 11.1 Å². The molecule has 0 bridgehead atoms. The molecule has 2 aromatic heterocycles. The van der Waals surface area contributed by atoms with E-state index in [1.54, 1.807) is 30.7 Å². The maximum absolute atomic E-state index is 13.3. The van der Waals surface area contributed by atoms with Crippen LogP contribution in [0.4, 0.5) is 10.3 Å². The third-order valence-electron chi connectivity index (χ3n) is 4.36. The summed E-state index contributed by atoms with van der Waals surface area (Å²) in [5.74, 6) is 0.887. The van der Waals surface area contributed by atoms with E-state index < -0.39 is 0 Å². The van der Waals surface area contributed by atoms with Crippen molar-refractivity contribution in [3.8, 4) is 22.6 Å². The van der Waals surface area contributed by atoms with E-state index in [0.29, 0.717) is 24.0 Å². The molecule has 0 saturated carbocycles. The summed E-state index contributed by atoms with van der Waals surface area (Å²) in [5.41, 5.74) is 4.62. The van der Waals surface area contributed by atoms with Crippen molar-refractivity contribution in [2.24, 2.45) is 0 Å². The van der Waals surface area contributed by atoms with Gasteiger partial charge in [-0.25, -0.2) is 19.3 Å². The second-order valence-electron chi connectivity index (χ2n) is 6.18. The number of nitrogens with zero attached hydrogens (tertiary/aromatic N) is 3. The number of aromatic amines is 1. The minimum Gasteiger partial charge on any atom is -0.350 e. The van der Waals surface area contributed by atoms with E-state index in [-0.39, 0.29) is 5.82 Å². The van der Waals surface area contributed by atoms with Crippen LogP contribution < -0.4 is 5.32 Å². The van der Waals surface area contributed by atoms with E-state index in [4.69, 9.17) is 0 Å². The van der Waals surface area contributed by atoms with Crippen molar-refractivity contribution in [3.63, 3.8) is 0 Å². The number of rotatable bonds is 5. The van der Waals surface area contributed by atoms with Crippen LogP contribution in [-0.2, 0) is 6.54 Å². The highest BCUT2D eigenvalue weighted by Crippen LogP contribution is 2.29. The molecule has 0 aliphatic rings. The topological polar surface area (TPSA) is 66.5 Å².